The first-order valence-electron chi connectivity index (χ1n) is 9.29. The molecular weight excluding hydrogens is 316 g/mol. The fraction of sp³-hybridized carbons (Fsp3) is 0.292. The third-order valence-electron chi connectivity index (χ3n) is 4.77. The topological polar surface area (TPSA) is 27.0 Å². The predicted molar refractivity (Wildman–Crippen MR) is 114 cm³/mol. The van der Waals surface area contributed by atoms with Crippen LogP contribution in [0.2, 0.25) is 0 Å². The van der Waals surface area contributed by atoms with Gasteiger partial charge in [-0.2, -0.15) is 5.26 Å². The van der Waals surface area contributed by atoms with E-state index in [1.807, 2.05) is 19.1 Å². The van der Waals surface area contributed by atoms with Crippen molar-refractivity contribution in [2.75, 3.05) is 18.0 Å². The van der Waals surface area contributed by atoms with Gasteiger partial charge in [-0.15, -0.1) is 0 Å². The number of allylic oxidation sites excluding steroid dienone is 5. The number of fused-ring (bicyclic) bond motifs is 1. The van der Waals surface area contributed by atoms with Gasteiger partial charge < -0.3 is 4.90 Å². The minimum Gasteiger partial charge on any atom is -0.372 e. The molecule has 0 amide bonds. The van der Waals surface area contributed by atoms with Crippen LogP contribution in [0, 0.1) is 11.3 Å². The summed E-state index contributed by atoms with van der Waals surface area (Å²) < 4.78 is 0. The van der Waals surface area contributed by atoms with Crippen molar-refractivity contribution in [3.8, 4) is 6.07 Å². The summed E-state index contributed by atoms with van der Waals surface area (Å²) in [6.07, 6.45) is 4.92. The number of rotatable bonds is 7. The molecule has 134 valence electrons. The fourth-order valence-corrected chi connectivity index (χ4v) is 3.00. The lowest BCUT2D eigenvalue weighted by Gasteiger charge is -2.21. The van der Waals surface area contributed by atoms with E-state index in [4.69, 9.17) is 0 Å². The lowest BCUT2D eigenvalue weighted by Crippen LogP contribution is -2.21. The molecule has 2 aromatic rings. The molecule has 26 heavy (non-hydrogen) atoms. The summed E-state index contributed by atoms with van der Waals surface area (Å²) in [5.74, 6) is 0. The molecule has 0 radical (unpaired) electrons. The van der Waals surface area contributed by atoms with Gasteiger partial charge in [0, 0.05) is 24.4 Å². The quantitative estimate of drug-likeness (QED) is 0.423. The Labute approximate surface area is 157 Å². The largest absolute Gasteiger partial charge is 0.372 e. The van der Waals surface area contributed by atoms with Crippen molar-refractivity contribution in [1.29, 1.82) is 5.26 Å². The third kappa shape index (κ3) is 4.43. The zero-order chi connectivity index (χ0) is 19.1. The summed E-state index contributed by atoms with van der Waals surface area (Å²) in [5.41, 5.74) is 5.03. The lowest BCUT2D eigenvalue weighted by atomic mass is 9.96. The first kappa shape index (κ1) is 19.5. The third-order valence-corrected chi connectivity index (χ3v) is 4.77. The van der Waals surface area contributed by atoms with Crippen LogP contribution in [0.4, 0.5) is 5.69 Å². The van der Waals surface area contributed by atoms with Gasteiger partial charge in [0.05, 0.1) is 6.07 Å². The number of hydrogen-bond donors (Lipinski definition) is 0. The SMILES string of the molecule is C=C(C=CC(=C(C)C#N)c1ccc2cc(N(CC)CC)ccc2c1)CC. The Morgan fingerprint density at radius 1 is 1.04 bits per heavy atom. The summed E-state index contributed by atoms with van der Waals surface area (Å²) in [6.45, 7) is 14.3. The minimum atomic E-state index is 0.712. The molecule has 0 fully saturated rings. The van der Waals surface area contributed by atoms with E-state index >= 15 is 0 Å². The van der Waals surface area contributed by atoms with Crippen LogP contribution >= 0.6 is 0 Å². The second kappa shape index (κ2) is 9.06. The van der Waals surface area contributed by atoms with Crippen LogP contribution in [0.25, 0.3) is 16.3 Å². The molecule has 0 aromatic heterocycles. The van der Waals surface area contributed by atoms with Crippen LogP contribution in [-0.4, -0.2) is 13.1 Å². The number of nitriles is 1. The molecule has 0 aliphatic rings. The van der Waals surface area contributed by atoms with Crippen molar-refractivity contribution in [3.63, 3.8) is 0 Å². The second-order valence-corrected chi connectivity index (χ2v) is 6.41. The van der Waals surface area contributed by atoms with E-state index in [1.54, 1.807) is 0 Å². The van der Waals surface area contributed by atoms with Gasteiger partial charge >= 0.3 is 0 Å². The molecular formula is C24H28N2. The van der Waals surface area contributed by atoms with Crippen molar-refractivity contribution in [1.82, 2.24) is 0 Å². The highest BCUT2D eigenvalue weighted by Gasteiger charge is 2.07. The Kier molecular flexibility index (Phi) is 6.81. The summed E-state index contributed by atoms with van der Waals surface area (Å²) in [4.78, 5) is 2.34. The molecule has 2 rings (SSSR count). The Balaban J connectivity index is 2.49. The number of benzene rings is 2. The summed E-state index contributed by atoms with van der Waals surface area (Å²) in [7, 11) is 0. The summed E-state index contributed by atoms with van der Waals surface area (Å²) in [6, 6.07) is 15.3. The maximum atomic E-state index is 9.38. The van der Waals surface area contributed by atoms with Crippen LogP contribution in [0.5, 0.6) is 0 Å². The predicted octanol–water partition coefficient (Wildman–Crippen LogP) is 6.51. The normalized spacial score (nSPS) is 12.1. The van der Waals surface area contributed by atoms with Crippen molar-refractivity contribution < 1.29 is 0 Å². The van der Waals surface area contributed by atoms with Crippen LogP contribution in [-0.2, 0) is 0 Å². The second-order valence-electron chi connectivity index (χ2n) is 6.41. The maximum absolute atomic E-state index is 9.38. The number of anilines is 1. The standard InChI is InChI=1S/C24H28N2/c1-6-18(4)9-14-24(19(5)17-25)22-11-10-21-16-23(26(7-2)8-3)13-12-20(21)15-22/h9-16H,4,6-8H2,1-3,5H3. The molecule has 0 bridgehead atoms. The lowest BCUT2D eigenvalue weighted by molar-refractivity contribution is 0.867. The fourth-order valence-electron chi connectivity index (χ4n) is 3.00. The molecule has 0 aliphatic carbocycles. The molecule has 0 spiro atoms. The molecule has 0 unspecified atom stereocenters. The molecule has 0 aliphatic heterocycles. The molecule has 0 saturated heterocycles. The van der Waals surface area contributed by atoms with Crippen molar-refractivity contribution in [3.05, 3.63) is 71.8 Å². The number of hydrogen-bond acceptors (Lipinski definition) is 2. The van der Waals surface area contributed by atoms with E-state index in [1.165, 1.54) is 16.5 Å². The van der Waals surface area contributed by atoms with Crippen LogP contribution in [0.3, 0.4) is 0 Å². The Morgan fingerprint density at radius 3 is 2.31 bits per heavy atom. The van der Waals surface area contributed by atoms with Gasteiger partial charge in [-0.05, 0) is 67.3 Å². The van der Waals surface area contributed by atoms with Gasteiger partial charge in [-0.1, -0.05) is 49.4 Å². The van der Waals surface area contributed by atoms with Crippen LogP contribution in [0.15, 0.2) is 66.3 Å². The maximum Gasteiger partial charge on any atom is 0.0950 e. The number of nitrogens with zero attached hydrogens (tertiary/aromatic N) is 2. The van der Waals surface area contributed by atoms with E-state index in [0.29, 0.717) is 5.57 Å². The molecule has 2 aromatic carbocycles. The molecule has 0 heterocycles. The summed E-state index contributed by atoms with van der Waals surface area (Å²) in [5, 5.41) is 11.8. The zero-order valence-electron chi connectivity index (χ0n) is 16.3. The minimum absolute atomic E-state index is 0.712. The Morgan fingerprint density at radius 2 is 1.69 bits per heavy atom. The van der Waals surface area contributed by atoms with E-state index in [-0.39, 0.29) is 0 Å². The monoisotopic (exact) mass is 344 g/mol. The van der Waals surface area contributed by atoms with Crippen LogP contribution < -0.4 is 4.90 Å². The van der Waals surface area contributed by atoms with E-state index in [9.17, 15) is 5.26 Å². The highest BCUT2D eigenvalue weighted by atomic mass is 15.1. The molecule has 0 N–H and O–H groups in total. The summed E-state index contributed by atoms with van der Waals surface area (Å²) >= 11 is 0. The average Bonchev–Trinajstić information content (AvgIpc) is 2.68. The van der Waals surface area contributed by atoms with Gasteiger partial charge in [-0.3, -0.25) is 0 Å². The molecule has 0 atom stereocenters. The van der Waals surface area contributed by atoms with Gasteiger partial charge in [0.1, 0.15) is 0 Å². The molecule has 2 nitrogen and oxygen atoms in total. The van der Waals surface area contributed by atoms with E-state index < -0.39 is 0 Å². The van der Waals surface area contributed by atoms with Gasteiger partial charge in [-0.25, -0.2) is 0 Å². The zero-order valence-corrected chi connectivity index (χ0v) is 16.3. The van der Waals surface area contributed by atoms with E-state index in [2.05, 4.69) is 74.7 Å². The van der Waals surface area contributed by atoms with Crippen molar-refractivity contribution in [2.24, 2.45) is 0 Å². The average molecular weight is 345 g/mol. The van der Waals surface area contributed by atoms with Gasteiger partial charge in [0.15, 0.2) is 0 Å². The smallest absolute Gasteiger partial charge is 0.0950 e. The highest BCUT2D eigenvalue weighted by molar-refractivity contribution is 5.91. The van der Waals surface area contributed by atoms with Crippen molar-refractivity contribution in [2.45, 2.75) is 34.1 Å². The first-order valence-corrected chi connectivity index (χ1v) is 9.29. The highest BCUT2D eigenvalue weighted by Crippen LogP contribution is 2.28. The van der Waals surface area contributed by atoms with E-state index in [0.717, 1.165) is 36.2 Å². The Bertz CT molecular complexity index is 890. The Hall–Kier alpha value is -2.79. The van der Waals surface area contributed by atoms with Crippen LogP contribution in [0.1, 0.15) is 39.7 Å². The van der Waals surface area contributed by atoms with Gasteiger partial charge in [0.2, 0.25) is 0 Å². The van der Waals surface area contributed by atoms with Crippen molar-refractivity contribution >= 4 is 22.0 Å². The molecule has 2 heteroatoms. The molecule has 0 saturated carbocycles. The first-order chi connectivity index (χ1) is 12.5. The van der Waals surface area contributed by atoms with Gasteiger partial charge in [0.25, 0.3) is 0 Å².